The molecule has 0 bridgehead atoms. The van der Waals surface area contributed by atoms with Crippen LogP contribution in [0.25, 0.3) is 0 Å². The van der Waals surface area contributed by atoms with Gasteiger partial charge in [-0.25, -0.2) is 9.13 Å². The maximum atomic E-state index is 12.7. The van der Waals surface area contributed by atoms with Gasteiger partial charge in [0.2, 0.25) is 0 Å². The van der Waals surface area contributed by atoms with Crippen molar-refractivity contribution in [3.63, 3.8) is 0 Å². The van der Waals surface area contributed by atoms with Gasteiger partial charge in [-0.15, -0.1) is 0 Å². The molecule has 0 fully saturated rings. The second-order valence-corrected chi connectivity index (χ2v) is 18.7. The monoisotopic (exact) mass is 945 g/mol. The SMILES string of the molecule is [CH2-]CCCCCCC(=O)OC[C@H](COP(=O)(O)OC[C@@H](O)COP(=O)(O)OC[C@@H](COC(=O)CCCCCCCC)OC(=O)CCCCCCCCCCCCC)OC(=O)CC[CH2-]. The summed E-state index contributed by atoms with van der Waals surface area (Å²) in [5, 5.41) is 10.3. The standard InChI is InChI=1S/C44H82O17P2/c1-5-9-12-15-17-18-19-20-21-24-27-31-44(49)61-40(35-55-42(47)30-26-23-16-13-10-6-2)37-59-63(52,53)57-33-38(45)32-56-62(50,51)58-36-39(60-43(48)28-8-4)34-54-41(46)29-25-22-14-11-7-3/h38-40,45H,3-37H2,1-2H3,(H,50,51)(H,52,53)/q-2/t38-,39-,40-/m1/s1. The highest BCUT2D eigenvalue weighted by Gasteiger charge is 2.30. The number of carbonyl (C=O) groups excluding carboxylic acids is 4. The molecule has 0 aromatic rings. The van der Waals surface area contributed by atoms with Crippen LogP contribution in [0.2, 0.25) is 0 Å². The average molecular weight is 945 g/mol. The molecule has 0 aliphatic carbocycles. The van der Waals surface area contributed by atoms with Gasteiger partial charge < -0.3 is 47.7 Å². The third-order valence-corrected chi connectivity index (χ3v) is 11.5. The van der Waals surface area contributed by atoms with Crippen molar-refractivity contribution < 1.29 is 80.2 Å². The number of esters is 4. The summed E-state index contributed by atoms with van der Waals surface area (Å²) in [4.78, 5) is 69.8. The lowest BCUT2D eigenvalue weighted by atomic mass is 10.1. The van der Waals surface area contributed by atoms with E-state index in [1.54, 1.807) is 0 Å². The van der Waals surface area contributed by atoms with Crippen LogP contribution in [0.4, 0.5) is 0 Å². The number of ether oxygens (including phenoxy) is 4. The van der Waals surface area contributed by atoms with Crippen molar-refractivity contribution in [2.24, 2.45) is 0 Å². The highest BCUT2D eigenvalue weighted by atomic mass is 31.2. The lowest BCUT2D eigenvalue weighted by Crippen LogP contribution is -2.30. The maximum Gasteiger partial charge on any atom is 0.472 e. The molecular weight excluding hydrogens is 862 g/mol. The molecule has 2 unspecified atom stereocenters. The smallest absolute Gasteiger partial charge is 0.462 e. The molecule has 0 aromatic heterocycles. The summed E-state index contributed by atoms with van der Waals surface area (Å²) in [6.07, 6.45) is 18.4. The largest absolute Gasteiger partial charge is 0.472 e. The molecule has 17 nitrogen and oxygen atoms in total. The van der Waals surface area contributed by atoms with Gasteiger partial charge >= 0.3 is 39.5 Å². The van der Waals surface area contributed by atoms with Gasteiger partial charge in [0.05, 0.1) is 26.4 Å². The minimum atomic E-state index is -4.92. The Morgan fingerprint density at radius 1 is 0.429 bits per heavy atom. The first kappa shape index (κ1) is 61.1. The molecule has 19 heteroatoms. The molecule has 0 aliphatic heterocycles. The Labute approximate surface area is 377 Å². The maximum absolute atomic E-state index is 12.7. The Bertz CT molecular complexity index is 1270. The van der Waals surface area contributed by atoms with Crippen LogP contribution in [0.1, 0.15) is 187 Å². The number of rotatable bonds is 45. The second-order valence-electron chi connectivity index (χ2n) is 15.8. The fraction of sp³-hybridized carbons (Fsp3) is 0.864. The Hall–Kier alpha value is -1.94. The number of aliphatic hydroxyl groups excluding tert-OH is 1. The van der Waals surface area contributed by atoms with Gasteiger partial charge in [-0.3, -0.25) is 37.3 Å². The summed E-state index contributed by atoms with van der Waals surface area (Å²) in [7, 11) is -9.82. The first-order valence-corrected chi connectivity index (χ1v) is 26.4. The predicted octanol–water partition coefficient (Wildman–Crippen LogP) is 9.77. The van der Waals surface area contributed by atoms with E-state index in [2.05, 4.69) is 27.7 Å². The molecule has 0 saturated heterocycles. The lowest BCUT2D eigenvalue weighted by molar-refractivity contribution is -0.161. The van der Waals surface area contributed by atoms with Crippen molar-refractivity contribution >= 4 is 39.5 Å². The van der Waals surface area contributed by atoms with Crippen molar-refractivity contribution in [1.29, 1.82) is 0 Å². The van der Waals surface area contributed by atoms with E-state index in [1.165, 1.54) is 38.5 Å². The van der Waals surface area contributed by atoms with Crippen LogP contribution in [-0.4, -0.2) is 96.7 Å². The van der Waals surface area contributed by atoms with Gasteiger partial charge in [-0.05, 0) is 19.3 Å². The molecule has 3 N–H and O–H groups in total. The average Bonchev–Trinajstić information content (AvgIpc) is 3.24. The van der Waals surface area contributed by atoms with E-state index in [9.17, 15) is 43.2 Å². The quantitative estimate of drug-likeness (QED) is 0.0169. The highest BCUT2D eigenvalue weighted by molar-refractivity contribution is 7.47. The van der Waals surface area contributed by atoms with Gasteiger partial charge in [0.25, 0.3) is 0 Å². The molecule has 0 amide bonds. The van der Waals surface area contributed by atoms with Crippen LogP contribution in [0.3, 0.4) is 0 Å². The first-order valence-electron chi connectivity index (χ1n) is 23.4. The molecule has 0 spiro atoms. The van der Waals surface area contributed by atoms with Gasteiger partial charge in [-0.2, -0.15) is 12.8 Å². The topological polar surface area (TPSA) is 237 Å². The Morgan fingerprint density at radius 3 is 1.11 bits per heavy atom. The van der Waals surface area contributed by atoms with Crippen LogP contribution >= 0.6 is 15.6 Å². The zero-order valence-electron chi connectivity index (χ0n) is 38.4. The molecule has 0 rings (SSSR count). The molecular formula is C44H82O17P2-2. The summed E-state index contributed by atoms with van der Waals surface area (Å²) < 4.78 is 65.9. The number of carbonyl (C=O) groups is 4. The summed E-state index contributed by atoms with van der Waals surface area (Å²) in [5.74, 6) is -2.34. The van der Waals surface area contributed by atoms with Crippen LogP contribution in [0.15, 0.2) is 0 Å². The minimum Gasteiger partial charge on any atom is -0.462 e. The Morgan fingerprint density at radius 2 is 0.746 bits per heavy atom. The number of hydrogen-bond acceptors (Lipinski definition) is 15. The van der Waals surface area contributed by atoms with E-state index >= 15 is 0 Å². The molecule has 372 valence electrons. The second kappa shape index (κ2) is 40.3. The molecule has 0 radical (unpaired) electrons. The van der Waals surface area contributed by atoms with Gasteiger partial charge in [0, 0.05) is 25.7 Å². The van der Waals surface area contributed by atoms with Crippen molar-refractivity contribution in [1.82, 2.24) is 0 Å². The van der Waals surface area contributed by atoms with E-state index in [-0.39, 0.29) is 32.1 Å². The van der Waals surface area contributed by atoms with Gasteiger partial charge in [-0.1, -0.05) is 129 Å². The zero-order chi connectivity index (χ0) is 47.0. The summed E-state index contributed by atoms with van der Waals surface area (Å²) >= 11 is 0. The molecule has 0 aromatic carbocycles. The van der Waals surface area contributed by atoms with E-state index in [0.717, 1.165) is 83.5 Å². The highest BCUT2D eigenvalue weighted by Crippen LogP contribution is 2.45. The third kappa shape index (κ3) is 40.1. The zero-order valence-corrected chi connectivity index (χ0v) is 40.2. The van der Waals surface area contributed by atoms with Gasteiger partial charge in [0.15, 0.2) is 12.2 Å². The normalized spacial score (nSPS) is 14.8. The van der Waals surface area contributed by atoms with Crippen molar-refractivity contribution in [2.75, 3.05) is 39.6 Å². The van der Waals surface area contributed by atoms with E-state index in [0.29, 0.717) is 19.3 Å². The number of aliphatic hydroxyl groups is 1. The summed E-state index contributed by atoms with van der Waals surface area (Å²) in [5.41, 5.74) is 0. The number of phosphoric ester groups is 2. The molecule has 5 atom stereocenters. The first-order chi connectivity index (χ1) is 30.2. The number of phosphoric acid groups is 2. The van der Waals surface area contributed by atoms with Crippen molar-refractivity contribution in [3.8, 4) is 0 Å². The van der Waals surface area contributed by atoms with Crippen LogP contribution in [0.5, 0.6) is 0 Å². The number of hydrogen-bond donors (Lipinski definition) is 3. The molecule has 0 aliphatic rings. The van der Waals surface area contributed by atoms with Crippen LogP contribution < -0.4 is 0 Å². The Kier molecular flexibility index (Phi) is 39.1. The van der Waals surface area contributed by atoms with Gasteiger partial charge in [0.1, 0.15) is 19.3 Å². The fourth-order valence-electron chi connectivity index (χ4n) is 6.00. The fourth-order valence-corrected chi connectivity index (χ4v) is 7.58. The van der Waals surface area contributed by atoms with E-state index in [4.69, 9.17) is 37.0 Å². The Balaban J connectivity index is 5.01. The molecule has 0 heterocycles. The molecule has 0 saturated carbocycles. The van der Waals surface area contributed by atoms with Crippen molar-refractivity contribution in [2.45, 2.75) is 206 Å². The van der Waals surface area contributed by atoms with E-state index < -0.39 is 97.5 Å². The van der Waals surface area contributed by atoms with E-state index in [1.807, 2.05) is 0 Å². The number of unbranched alkanes of at least 4 members (excludes halogenated alkanes) is 19. The summed E-state index contributed by atoms with van der Waals surface area (Å²) in [6.45, 7) is 7.58. The lowest BCUT2D eigenvalue weighted by Gasteiger charge is -2.21. The minimum absolute atomic E-state index is 0.0628. The van der Waals surface area contributed by atoms with Crippen LogP contribution in [-0.2, 0) is 65.4 Å². The van der Waals surface area contributed by atoms with Crippen molar-refractivity contribution in [3.05, 3.63) is 13.8 Å². The summed E-state index contributed by atoms with van der Waals surface area (Å²) in [6, 6.07) is 0. The van der Waals surface area contributed by atoms with Crippen LogP contribution in [0, 0.1) is 13.8 Å². The predicted molar refractivity (Wildman–Crippen MR) is 238 cm³/mol. The third-order valence-electron chi connectivity index (χ3n) is 9.64. The molecule has 63 heavy (non-hydrogen) atoms.